The van der Waals surface area contributed by atoms with Crippen LogP contribution in [-0.2, 0) is 14.8 Å². The fourth-order valence-electron chi connectivity index (χ4n) is 4.03. The number of hydrogen-bond donors (Lipinski definition) is 1. The Kier molecular flexibility index (Phi) is 5.60. The van der Waals surface area contributed by atoms with E-state index >= 15 is 0 Å². The summed E-state index contributed by atoms with van der Waals surface area (Å²) < 4.78 is 28.8. The number of nitrogens with one attached hydrogen (secondary N) is 1. The minimum absolute atomic E-state index is 0.0396. The van der Waals surface area contributed by atoms with Gasteiger partial charge in [0.1, 0.15) is 5.37 Å². The topological polar surface area (TPSA) is 66.5 Å². The molecule has 1 saturated heterocycles. The molecule has 5 rings (SSSR count). The standard InChI is InChI=1S/C26H22N2O3S2/c1-18-6-4-11-23(14-18)28-25(29)17-32-26(28)21-9-5-10-22(15-21)27-33(30,31)24-13-12-19-7-2-3-8-20(19)16-24/h2-16,26-27H,17H2,1H3. The summed E-state index contributed by atoms with van der Waals surface area (Å²) in [5.41, 5.74) is 3.25. The van der Waals surface area contributed by atoms with E-state index < -0.39 is 10.0 Å². The molecule has 0 saturated carbocycles. The number of sulfonamides is 1. The average molecular weight is 475 g/mol. The second-order valence-corrected chi connectivity index (χ2v) is 10.8. The molecule has 1 fully saturated rings. The zero-order valence-corrected chi connectivity index (χ0v) is 19.6. The molecule has 5 nitrogen and oxygen atoms in total. The van der Waals surface area contributed by atoms with Crippen molar-refractivity contribution in [1.82, 2.24) is 0 Å². The van der Waals surface area contributed by atoms with Crippen LogP contribution >= 0.6 is 11.8 Å². The van der Waals surface area contributed by atoms with E-state index in [9.17, 15) is 13.2 Å². The molecule has 1 amide bonds. The fourth-order valence-corrected chi connectivity index (χ4v) is 6.28. The maximum absolute atomic E-state index is 13.1. The predicted molar refractivity (Wildman–Crippen MR) is 135 cm³/mol. The van der Waals surface area contributed by atoms with E-state index in [2.05, 4.69) is 4.72 Å². The molecule has 0 aliphatic carbocycles. The lowest BCUT2D eigenvalue weighted by Gasteiger charge is -2.25. The minimum Gasteiger partial charge on any atom is -0.295 e. The number of thioether (sulfide) groups is 1. The molecule has 4 aromatic rings. The lowest BCUT2D eigenvalue weighted by atomic mass is 10.1. The van der Waals surface area contributed by atoms with E-state index in [1.807, 2.05) is 67.6 Å². The number of fused-ring (bicyclic) bond motifs is 1. The molecule has 4 aromatic carbocycles. The summed E-state index contributed by atoms with van der Waals surface area (Å²) in [5, 5.41) is 1.63. The van der Waals surface area contributed by atoms with Gasteiger partial charge in [0.15, 0.2) is 0 Å². The Labute approximate surface area is 197 Å². The first kappa shape index (κ1) is 21.6. The first-order valence-electron chi connectivity index (χ1n) is 10.5. The van der Waals surface area contributed by atoms with E-state index in [0.717, 1.165) is 27.6 Å². The van der Waals surface area contributed by atoms with Gasteiger partial charge in [0.2, 0.25) is 5.91 Å². The highest BCUT2D eigenvalue weighted by Crippen LogP contribution is 2.42. The van der Waals surface area contributed by atoms with Gasteiger partial charge in [-0.15, -0.1) is 11.8 Å². The molecule has 0 spiro atoms. The van der Waals surface area contributed by atoms with Crippen LogP contribution in [0.25, 0.3) is 10.8 Å². The summed E-state index contributed by atoms with van der Waals surface area (Å²) in [6.07, 6.45) is 0. The predicted octanol–water partition coefficient (Wildman–Crippen LogP) is 5.73. The maximum atomic E-state index is 13.1. The molecule has 0 bridgehead atoms. The second kappa shape index (κ2) is 8.57. The summed E-state index contributed by atoms with van der Waals surface area (Å²) in [7, 11) is -3.76. The van der Waals surface area contributed by atoms with Crippen LogP contribution in [0.4, 0.5) is 11.4 Å². The first-order chi connectivity index (χ1) is 15.9. The number of anilines is 2. The van der Waals surface area contributed by atoms with Crippen molar-refractivity contribution in [2.45, 2.75) is 17.2 Å². The molecular weight excluding hydrogens is 452 g/mol. The summed E-state index contributed by atoms with van der Waals surface area (Å²) in [6, 6.07) is 27.8. The third kappa shape index (κ3) is 4.34. The van der Waals surface area contributed by atoms with Gasteiger partial charge in [-0.2, -0.15) is 0 Å². The number of benzene rings is 4. The van der Waals surface area contributed by atoms with Gasteiger partial charge in [0, 0.05) is 11.4 Å². The number of amides is 1. The number of hydrogen-bond acceptors (Lipinski definition) is 4. The summed E-state index contributed by atoms with van der Waals surface area (Å²) in [6.45, 7) is 1.99. The average Bonchev–Trinajstić information content (AvgIpc) is 3.20. The second-order valence-electron chi connectivity index (χ2n) is 8.01. The van der Waals surface area contributed by atoms with Gasteiger partial charge in [0.25, 0.3) is 10.0 Å². The van der Waals surface area contributed by atoms with Gasteiger partial charge < -0.3 is 0 Å². The van der Waals surface area contributed by atoms with Crippen molar-refractivity contribution in [1.29, 1.82) is 0 Å². The maximum Gasteiger partial charge on any atom is 0.261 e. The molecule has 0 aromatic heterocycles. The van der Waals surface area contributed by atoms with Gasteiger partial charge in [-0.1, -0.05) is 54.6 Å². The fraction of sp³-hybridized carbons (Fsp3) is 0.115. The van der Waals surface area contributed by atoms with Gasteiger partial charge in [0.05, 0.1) is 10.6 Å². The van der Waals surface area contributed by atoms with Crippen molar-refractivity contribution >= 4 is 49.8 Å². The SMILES string of the molecule is Cc1cccc(N2C(=O)CSC2c2cccc(NS(=O)(=O)c3ccc4ccccc4c3)c2)c1. The van der Waals surface area contributed by atoms with Crippen molar-refractivity contribution in [2.24, 2.45) is 0 Å². The summed E-state index contributed by atoms with van der Waals surface area (Å²) in [4.78, 5) is 14.7. The summed E-state index contributed by atoms with van der Waals surface area (Å²) >= 11 is 1.54. The highest BCUT2D eigenvalue weighted by Gasteiger charge is 2.34. The van der Waals surface area contributed by atoms with E-state index in [0.29, 0.717) is 11.4 Å². The number of nitrogens with zero attached hydrogens (tertiary/aromatic N) is 1. The highest BCUT2D eigenvalue weighted by atomic mass is 32.2. The first-order valence-corrected chi connectivity index (χ1v) is 13.1. The van der Waals surface area contributed by atoms with Gasteiger partial charge in [-0.25, -0.2) is 8.42 Å². The molecule has 1 unspecified atom stereocenters. The lowest BCUT2D eigenvalue weighted by molar-refractivity contribution is -0.115. The van der Waals surface area contributed by atoms with Crippen molar-refractivity contribution < 1.29 is 13.2 Å². The normalized spacial score (nSPS) is 16.3. The lowest BCUT2D eigenvalue weighted by Crippen LogP contribution is -2.27. The van der Waals surface area contributed by atoms with Gasteiger partial charge in [-0.3, -0.25) is 14.4 Å². The number of rotatable bonds is 5. The van der Waals surface area contributed by atoms with E-state index in [4.69, 9.17) is 0 Å². The molecule has 166 valence electrons. The van der Waals surface area contributed by atoms with Crippen LogP contribution in [0.2, 0.25) is 0 Å². The number of aryl methyl sites for hydroxylation is 1. The van der Waals surface area contributed by atoms with Crippen LogP contribution in [0.15, 0.2) is 95.9 Å². The minimum atomic E-state index is -3.76. The van der Waals surface area contributed by atoms with E-state index in [1.54, 1.807) is 35.2 Å². The van der Waals surface area contributed by atoms with Gasteiger partial charge in [-0.05, 0) is 65.2 Å². The van der Waals surface area contributed by atoms with Crippen LogP contribution in [-0.4, -0.2) is 20.1 Å². The molecule has 1 aliphatic heterocycles. The largest absolute Gasteiger partial charge is 0.295 e. The molecule has 0 radical (unpaired) electrons. The Hall–Kier alpha value is -3.29. The zero-order valence-electron chi connectivity index (χ0n) is 17.9. The zero-order chi connectivity index (χ0) is 23.0. The Bertz CT molecular complexity index is 1470. The molecule has 1 aliphatic rings. The monoisotopic (exact) mass is 474 g/mol. The Balaban J connectivity index is 1.44. The molecule has 1 atom stereocenters. The third-order valence-electron chi connectivity index (χ3n) is 5.60. The van der Waals surface area contributed by atoms with Crippen molar-refractivity contribution in [2.75, 3.05) is 15.4 Å². The van der Waals surface area contributed by atoms with Crippen LogP contribution in [0.1, 0.15) is 16.5 Å². The molecule has 1 N–H and O–H groups in total. The molecule has 1 heterocycles. The number of carbonyl (C=O) groups is 1. The smallest absolute Gasteiger partial charge is 0.261 e. The van der Waals surface area contributed by atoms with Crippen molar-refractivity contribution in [3.8, 4) is 0 Å². The molecular formula is C26H22N2O3S2. The third-order valence-corrected chi connectivity index (χ3v) is 8.19. The van der Waals surface area contributed by atoms with Crippen LogP contribution in [0, 0.1) is 6.92 Å². The van der Waals surface area contributed by atoms with Crippen LogP contribution < -0.4 is 9.62 Å². The summed E-state index contributed by atoms with van der Waals surface area (Å²) in [5.74, 6) is 0.420. The van der Waals surface area contributed by atoms with Crippen LogP contribution in [0.5, 0.6) is 0 Å². The Morgan fingerprint density at radius 3 is 2.48 bits per heavy atom. The Morgan fingerprint density at radius 2 is 1.67 bits per heavy atom. The quantitative estimate of drug-likeness (QED) is 0.401. The Morgan fingerprint density at radius 1 is 0.879 bits per heavy atom. The van der Waals surface area contributed by atoms with E-state index in [-0.39, 0.29) is 16.2 Å². The number of carbonyl (C=O) groups excluding carboxylic acids is 1. The van der Waals surface area contributed by atoms with E-state index in [1.165, 1.54) is 11.8 Å². The molecule has 33 heavy (non-hydrogen) atoms. The van der Waals surface area contributed by atoms with Crippen LogP contribution in [0.3, 0.4) is 0 Å². The van der Waals surface area contributed by atoms with Crippen molar-refractivity contribution in [3.63, 3.8) is 0 Å². The van der Waals surface area contributed by atoms with Crippen molar-refractivity contribution in [3.05, 3.63) is 102 Å². The highest BCUT2D eigenvalue weighted by molar-refractivity contribution is 8.00. The van der Waals surface area contributed by atoms with Gasteiger partial charge >= 0.3 is 0 Å². The molecule has 7 heteroatoms.